The van der Waals surface area contributed by atoms with Gasteiger partial charge in [0.1, 0.15) is 5.83 Å². The van der Waals surface area contributed by atoms with Gasteiger partial charge in [-0.05, 0) is 41.7 Å². The molecule has 0 saturated heterocycles. The van der Waals surface area contributed by atoms with E-state index in [9.17, 15) is 4.39 Å². The maximum atomic E-state index is 14.3. The molecule has 0 unspecified atom stereocenters. The second-order valence-electron chi connectivity index (χ2n) is 5.47. The van der Waals surface area contributed by atoms with E-state index in [0.29, 0.717) is 11.5 Å². The van der Waals surface area contributed by atoms with Crippen molar-refractivity contribution >= 4 is 16.6 Å². The molecular formula is C18H19F. The molecule has 1 fully saturated rings. The second kappa shape index (κ2) is 5.56. The molecule has 0 N–H and O–H groups in total. The van der Waals surface area contributed by atoms with E-state index >= 15 is 0 Å². The van der Waals surface area contributed by atoms with E-state index in [-0.39, 0.29) is 5.83 Å². The maximum Gasteiger partial charge on any atom is 0.126 e. The summed E-state index contributed by atoms with van der Waals surface area (Å²) in [4.78, 5) is 0. The molecule has 0 bridgehead atoms. The van der Waals surface area contributed by atoms with Crippen LogP contribution in [0.5, 0.6) is 0 Å². The predicted molar refractivity (Wildman–Crippen MR) is 79.6 cm³/mol. The Balaban J connectivity index is 1.87. The van der Waals surface area contributed by atoms with E-state index in [4.69, 9.17) is 0 Å². The summed E-state index contributed by atoms with van der Waals surface area (Å²) in [5, 5.41) is 2.27. The van der Waals surface area contributed by atoms with Crippen molar-refractivity contribution in [3.05, 3.63) is 54.1 Å². The number of fused-ring (bicyclic) bond motifs is 1. The molecule has 0 aromatic heterocycles. The van der Waals surface area contributed by atoms with Crippen molar-refractivity contribution in [3.63, 3.8) is 0 Å². The summed E-state index contributed by atoms with van der Waals surface area (Å²) in [6.45, 7) is 0. The van der Waals surface area contributed by atoms with Gasteiger partial charge in [-0.1, -0.05) is 55.7 Å². The summed E-state index contributed by atoms with van der Waals surface area (Å²) in [6.07, 6.45) is 7.91. The Bertz CT molecular complexity index is 591. The Labute approximate surface area is 114 Å². The van der Waals surface area contributed by atoms with Crippen LogP contribution in [-0.2, 0) is 0 Å². The molecule has 0 atom stereocenters. The Kier molecular flexibility index (Phi) is 3.63. The smallest absolute Gasteiger partial charge is 0.126 e. The molecule has 98 valence electrons. The molecule has 0 heterocycles. The first-order chi connectivity index (χ1) is 9.33. The lowest BCUT2D eigenvalue weighted by atomic mass is 9.88. The second-order valence-corrected chi connectivity index (χ2v) is 5.47. The highest BCUT2D eigenvalue weighted by atomic mass is 19.1. The zero-order valence-electron chi connectivity index (χ0n) is 11.1. The van der Waals surface area contributed by atoms with Crippen molar-refractivity contribution in [1.82, 2.24) is 0 Å². The predicted octanol–water partition coefficient (Wildman–Crippen LogP) is 5.73. The van der Waals surface area contributed by atoms with Crippen LogP contribution in [0.1, 0.15) is 37.7 Å². The largest absolute Gasteiger partial charge is 0.207 e. The molecule has 2 aromatic carbocycles. The zero-order chi connectivity index (χ0) is 13.1. The average molecular weight is 254 g/mol. The van der Waals surface area contributed by atoms with Crippen LogP contribution in [0.15, 0.2) is 48.5 Å². The summed E-state index contributed by atoms with van der Waals surface area (Å²) >= 11 is 0. The van der Waals surface area contributed by atoms with Crippen LogP contribution < -0.4 is 0 Å². The zero-order valence-corrected chi connectivity index (χ0v) is 11.1. The molecule has 0 nitrogen and oxygen atoms in total. The van der Waals surface area contributed by atoms with Crippen LogP contribution >= 0.6 is 0 Å². The van der Waals surface area contributed by atoms with Gasteiger partial charge < -0.3 is 0 Å². The van der Waals surface area contributed by atoms with E-state index in [1.165, 1.54) is 19.3 Å². The normalized spacial score (nSPS) is 17.8. The van der Waals surface area contributed by atoms with Gasteiger partial charge in [-0.15, -0.1) is 0 Å². The van der Waals surface area contributed by atoms with E-state index < -0.39 is 0 Å². The molecule has 1 saturated carbocycles. The number of halogens is 1. The Morgan fingerprint density at radius 1 is 0.947 bits per heavy atom. The summed E-state index contributed by atoms with van der Waals surface area (Å²) in [6, 6.07) is 13.9. The molecule has 19 heavy (non-hydrogen) atoms. The molecule has 0 radical (unpaired) electrons. The van der Waals surface area contributed by atoms with Gasteiger partial charge in [0.05, 0.1) is 0 Å². The number of hydrogen-bond acceptors (Lipinski definition) is 0. The Morgan fingerprint density at radius 2 is 1.68 bits per heavy atom. The molecule has 1 aliphatic carbocycles. The SMILES string of the molecule is F/C(=C\C1CCCCC1)c1ccc2ccccc2c1. The van der Waals surface area contributed by atoms with Gasteiger partial charge in [0.25, 0.3) is 0 Å². The lowest BCUT2D eigenvalue weighted by Crippen LogP contribution is -2.03. The van der Waals surface area contributed by atoms with Crippen molar-refractivity contribution < 1.29 is 4.39 Å². The molecule has 0 amide bonds. The highest BCUT2D eigenvalue weighted by Gasteiger charge is 2.12. The first-order valence-corrected chi connectivity index (χ1v) is 7.19. The number of hydrogen-bond donors (Lipinski definition) is 0. The van der Waals surface area contributed by atoms with Gasteiger partial charge in [0, 0.05) is 5.56 Å². The van der Waals surface area contributed by atoms with Gasteiger partial charge >= 0.3 is 0 Å². The fraction of sp³-hybridized carbons (Fsp3) is 0.333. The minimum Gasteiger partial charge on any atom is -0.207 e. The van der Waals surface area contributed by atoms with Crippen LogP contribution in [0.4, 0.5) is 4.39 Å². The van der Waals surface area contributed by atoms with Gasteiger partial charge in [0.2, 0.25) is 0 Å². The fourth-order valence-electron chi connectivity index (χ4n) is 2.94. The first kappa shape index (κ1) is 12.4. The minimum atomic E-state index is -0.0577. The minimum absolute atomic E-state index is 0.0577. The van der Waals surface area contributed by atoms with E-state index in [1.54, 1.807) is 0 Å². The third-order valence-electron chi connectivity index (χ3n) is 4.06. The summed E-state index contributed by atoms with van der Waals surface area (Å²) in [7, 11) is 0. The quantitative estimate of drug-likeness (QED) is 0.642. The third kappa shape index (κ3) is 2.86. The number of benzene rings is 2. The molecule has 0 spiro atoms. The third-order valence-corrected chi connectivity index (χ3v) is 4.06. The molecule has 2 aromatic rings. The number of rotatable bonds is 2. The summed E-state index contributed by atoms with van der Waals surface area (Å²) in [5.41, 5.74) is 0.712. The molecule has 0 aliphatic heterocycles. The van der Waals surface area contributed by atoms with Crippen LogP contribution in [0.25, 0.3) is 16.6 Å². The van der Waals surface area contributed by atoms with Crippen molar-refractivity contribution in [2.45, 2.75) is 32.1 Å². The lowest BCUT2D eigenvalue weighted by molar-refractivity contribution is 0.417. The van der Waals surface area contributed by atoms with Crippen LogP contribution in [0, 0.1) is 5.92 Å². The Hall–Kier alpha value is -1.63. The van der Waals surface area contributed by atoms with Crippen molar-refractivity contribution in [2.24, 2.45) is 5.92 Å². The van der Waals surface area contributed by atoms with E-state index in [1.807, 2.05) is 42.5 Å². The molecule has 1 aliphatic rings. The van der Waals surface area contributed by atoms with Crippen molar-refractivity contribution in [3.8, 4) is 0 Å². The van der Waals surface area contributed by atoms with Crippen LogP contribution in [0.3, 0.4) is 0 Å². The molecule has 3 rings (SSSR count). The van der Waals surface area contributed by atoms with E-state index in [2.05, 4.69) is 6.07 Å². The average Bonchev–Trinajstić information content (AvgIpc) is 2.48. The van der Waals surface area contributed by atoms with Gasteiger partial charge in [0.15, 0.2) is 0 Å². The standard InChI is InChI=1S/C18H19F/c19-18(12-14-6-2-1-3-7-14)17-11-10-15-8-4-5-9-16(15)13-17/h4-5,8-14H,1-3,6-7H2/b18-12-. The maximum absolute atomic E-state index is 14.3. The monoisotopic (exact) mass is 254 g/mol. The highest BCUT2D eigenvalue weighted by Crippen LogP contribution is 2.29. The summed E-state index contributed by atoms with van der Waals surface area (Å²) < 4.78 is 14.3. The van der Waals surface area contributed by atoms with Gasteiger partial charge in [-0.25, -0.2) is 4.39 Å². The topological polar surface area (TPSA) is 0 Å². The van der Waals surface area contributed by atoms with Crippen LogP contribution in [-0.4, -0.2) is 0 Å². The van der Waals surface area contributed by atoms with Crippen LogP contribution in [0.2, 0.25) is 0 Å². The summed E-state index contributed by atoms with van der Waals surface area (Å²) in [5.74, 6) is 0.373. The first-order valence-electron chi connectivity index (χ1n) is 7.19. The van der Waals surface area contributed by atoms with Gasteiger partial charge in [-0.2, -0.15) is 0 Å². The van der Waals surface area contributed by atoms with Gasteiger partial charge in [-0.3, -0.25) is 0 Å². The fourth-order valence-corrected chi connectivity index (χ4v) is 2.94. The Morgan fingerprint density at radius 3 is 2.47 bits per heavy atom. The highest BCUT2D eigenvalue weighted by molar-refractivity contribution is 5.85. The van der Waals surface area contributed by atoms with E-state index in [0.717, 1.165) is 23.6 Å². The molecule has 1 heteroatoms. The van der Waals surface area contributed by atoms with Crippen molar-refractivity contribution in [2.75, 3.05) is 0 Å². The van der Waals surface area contributed by atoms with Crippen molar-refractivity contribution in [1.29, 1.82) is 0 Å². The number of allylic oxidation sites excluding steroid dienone is 1. The lowest BCUT2D eigenvalue weighted by Gasteiger charge is -2.18. The molecular weight excluding hydrogens is 235 g/mol.